The van der Waals surface area contributed by atoms with Crippen LogP contribution in [0.1, 0.15) is 49.5 Å². The minimum absolute atomic E-state index is 0.00294. The quantitative estimate of drug-likeness (QED) is 0.417. The van der Waals surface area contributed by atoms with Gasteiger partial charge in [0.2, 0.25) is 15.9 Å². The summed E-state index contributed by atoms with van der Waals surface area (Å²) in [5.41, 5.74) is 2.83. The molecule has 4 rings (SSSR count). The Kier molecular flexibility index (Phi) is 8.42. The number of anilines is 2. The van der Waals surface area contributed by atoms with Gasteiger partial charge in [0.1, 0.15) is 5.75 Å². The molecule has 0 spiro atoms. The Morgan fingerprint density at radius 1 is 0.872 bits per heavy atom. The lowest BCUT2D eigenvalue weighted by atomic mass is 9.87. The van der Waals surface area contributed by atoms with Crippen LogP contribution in [0.4, 0.5) is 11.4 Å². The molecule has 1 saturated heterocycles. The van der Waals surface area contributed by atoms with Crippen LogP contribution in [0, 0.1) is 5.92 Å². The second-order valence-corrected chi connectivity index (χ2v) is 12.6. The smallest absolute Gasteiger partial charge is 0.255 e. The number of amides is 2. The van der Waals surface area contributed by atoms with Crippen LogP contribution in [-0.4, -0.2) is 44.7 Å². The number of carbonyl (C=O) groups is 2. The van der Waals surface area contributed by atoms with Crippen molar-refractivity contribution in [1.82, 2.24) is 4.31 Å². The Morgan fingerprint density at radius 3 is 2.03 bits per heavy atom. The molecular formula is C30H35N3O5S. The second kappa shape index (κ2) is 11.6. The number of nitrogens with zero attached hydrogens (tertiary/aromatic N) is 1. The molecule has 0 unspecified atom stereocenters. The van der Waals surface area contributed by atoms with Crippen molar-refractivity contribution in [3.8, 4) is 5.75 Å². The first-order valence-corrected chi connectivity index (χ1v) is 14.4. The van der Waals surface area contributed by atoms with E-state index in [2.05, 4.69) is 31.4 Å². The summed E-state index contributed by atoms with van der Waals surface area (Å²) in [5.74, 6) is -0.128. The van der Waals surface area contributed by atoms with Crippen molar-refractivity contribution in [3.05, 3.63) is 83.9 Å². The highest BCUT2D eigenvalue weighted by atomic mass is 32.2. The maximum Gasteiger partial charge on any atom is 0.255 e. The molecule has 2 N–H and O–H groups in total. The fourth-order valence-electron chi connectivity index (χ4n) is 4.50. The molecule has 1 fully saturated rings. The van der Waals surface area contributed by atoms with Gasteiger partial charge in [-0.1, -0.05) is 39.0 Å². The minimum Gasteiger partial charge on any atom is -0.497 e. The highest BCUT2D eigenvalue weighted by Crippen LogP contribution is 2.27. The van der Waals surface area contributed by atoms with Crippen LogP contribution < -0.4 is 15.4 Å². The zero-order chi connectivity index (χ0) is 28.2. The number of nitrogens with one attached hydrogen (secondary N) is 2. The Balaban J connectivity index is 1.33. The molecule has 0 atom stereocenters. The molecule has 39 heavy (non-hydrogen) atoms. The van der Waals surface area contributed by atoms with Gasteiger partial charge in [0.25, 0.3) is 5.91 Å². The van der Waals surface area contributed by atoms with Crippen molar-refractivity contribution in [2.75, 3.05) is 30.8 Å². The Morgan fingerprint density at radius 2 is 1.46 bits per heavy atom. The topological polar surface area (TPSA) is 105 Å². The van der Waals surface area contributed by atoms with Crippen LogP contribution in [0.25, 0.3) is 0 Å². The van der Waals surface area contributed by atoms with Crippen molar-refractivity contribution >= 4 is 33.2 Å². The van der Waals surface area contributed by atoms with Crippen molar-refractivity contribution in [1.29, 1.82) is 0 Å². The maximum absolute atomic E-state index is 13.0. The van der Waals surface area contributed by atoms with E-state index in [-0.39, 0.29) is 41.1 Å². The number of benzene rings is 3. The third-order valence-corrected chi connectivity index (χ3v) is 8.84. The number of methoxy groups -OCH3 is 1. The van der Waals surface area contributed by atoms with E-state index in [1.807, 2.05) is 24.3 Å². The standard InChI is InChI=1S/C30H35N3O5S/c1-30(2,3)23-10-8-21(9-11-23)28(34)31-24-6-5-7-25(20-24)32-29(35)22-16-18-33(19-17-22)39(36,37)27-14-12-26(38-4)13-15-27/h5-15,20,22H,16-19H2,1-4H3,(H,31,34)(H,32,35). The van der Waals surface area contributed by atoms with E-state index >= 15 is 0 Å². The number of piperidine rings is 1. The number of sulfonamides is 1. The molecular weight excluding hydrogens is 514 g/mol. The number of ether oxygens (including phenoxy) is 1. The molecule has 0 bridgehead atoms. The molecule has 0 radical (unpaired) electrons. The van der Waals surface area contributed by atoms with Crippen LogP contribution >= 0.6 is 0 Å². The average molecular weight is 550 g/mol. The van der Waals surface area contributed by atoms with Crippen LogP contribution in [0.2, 0.25) is 0 Å². The molecule has 8 nitrogen and oxygen atoms in total. The van der Waals surface area contributed by atoms with E-state index < -0.39 is 10.0 Å². The summed E-state index contributed by atoms with van der Waals surface area (Å²) in [6.45, 7) is 6.88. The van der Waals surface area contributed by atoms with Gasteiger partial charge in [-0.3, -0.25) is 9.59 Å². The molecule has 3 aromatic rings. The van der Waals surface area contributed by atoms with Crippen molar-refractivity contribution < 1.29 is 22.7 Å². The molecule has 2 amide bonds. The van der Waals surface area contributed by atoms with E-state index in [4.69, 9.17) is 4.74 Å². The van der Waals surface area contributed by atoms with Gasteiger partial charge in [-0.15, -0.1) is 0 Å². The second-order valence-electron chi connectivity index (χ2n) is 10.7. The molecule has 0 aromatic heterocycles. The molecule has 9 heteroatoms. The van der Waals surface area contributed by atoms with E-state index in [9.17, 15) is 18.0 Å². The van der Waals surface area contributed by atoms with E-state index in [0.29, 0.717) is 35.5 Å². The fourth-order valence-corrected chi connectivity index (χ4v) is 5.97. The Hall–Kier alpha value is -3.69. The van der Waals surface area contributed by atoms with Crippen molar-refractivity contribution in [2.24, 2.45) is 5.92 Å². The Labute approximate surface area is 230 Å². The Bertz CT molecular complexity index is 1420. The summed E-state index contributed by atoms with van der Waals surface area (Å²) in [5, 5.41) is 5.80. The lowest BCUT2D eigenvalue weighted by Crippen LogP contribution is -2.41. The molecule has 206 valence electrons. The van der Waals surface area contributed by atoms with Gasteiger partial charge in [-0.25, -0.2) is 8.42 Å². The zero-order valence-electron chi connectivity index (χ0n) is 22.7. The van der Waals surface area contributed by atoms with E-state index in [1.165, 1.54) is 23.5 Å². The molecule has 1 aliphatic heterocycles. The zero-order valence-corrected chi connectivity index (χ0v) is 23.5. The number of hydrogen-bond donors (Lipinski definition) is 2. The largest absolute Gasteiger partial charge is 0.497 e. The third kappa shape index (κ3) is 6.85. The molecule has 3 aromatic carbocycles. The summed E-state index contributed by atoms with van der Waals surface area (Å²) in [4.78, 5) is 25.9. The van der Waals surface area contributed by atoms with Crippen molar-refractivity contribution in [2.45, 2.75) is 43.9 Å². The number of hydrogen-bond acceptors (Lipinski definition) is 5. The van der Waals surface area contributed by atoms with Crippen LogP contribution in [0.15, 0.2) is 77.7 Å². The van der Waals surface area contributed by atoms with E-state index in [1.54, 1.807) is 36.4 Å². The highest BCUT2D eigenvalue weighted by molar-refractivity contribution is 7.89. The molecule has 1 aliphatic rings. The molecule has 0 aliphatic carbocycles. The van der Waals surface area contributed by atoms with Crippen LogP contribution in [0.5, 0.6) is 5.75 Å². The normalized spacial score (nSPS) is 15.0. The molecule has 0 saturated carbocycles. The number of carbonyl (C=O) groups excluding carboxylic acids is 2. The first-order valence-electron chi connectivity index (χ1n) is 12.9. The van der Waals surface area contributed by atoms with Gasteiger partial charge in [0, 0.05) is 35.9 Å². The monoisotopic (exact) mass is 549 g/mol. The summed E-state index contributed by atoms with van der Waals surface area (Å²) in [6, 6.07) is 20.8. The summed E-state index contributed by atoms with van der Waals surface area (Å²) >= 11 is 0. The van der Waals surface area contributed by atoms with Gasteiger partial charge in [-0.05, 0) is 78.4 Å². The predicted octanol–water partition coefficient (Wildman–Crippen LogP) is 5.28. The lowest BCUT2D eigenvalue weighted by molar-refractivity contribution is -0.120. The van der Waals surface area contributed by atoms with Crippen LogP contribution in [0.3, 0.4) is 0 Å². The fraction of sp³-hybridized carbons (Fsp3) is 0.333. The minimum atomic E-state index is -3.64. The van der Waals surface area contributed by atoms with Crippen molar-refractivity contribution in [3.63, 3.8) is 0 Å². The van der Waals surface area contributed by atoms with Gasteiger partial charge in [0.05, 0.1) is 12.0 Å². The summed E-state index contributed by atoms with van der Waals surface area (Å²) < 4.78 is 32.5. The SMILES string of the molecule is COc1ccc(S(=O)(=O)N2CCC(C(=O)Nc3cccc(NC(=O)c4ccc(C(C)(C)C)cc4)c3)CC2)cc1. The maximum atomic E-state index is 13.0. The number of rotatable bonds is 7. The highest BCUT2D eigenvalue weighted by Gasteiger charge is 2.32. The third-order valence-electron chi connectivity index (χ3n) is 6.92. The van der Waals surface area contributed by atoms with Crippen LogP contribution in [-0.2, 0) is 20.2 Å². The molecule has 1 heterocycles. The summed E-state index contributed by atoms with van der Waals surface area (Å²) in [6.07, 6.45) is 0.838. The van der Waals surface area contributed by atoms with Gasteiger partial charge < -0.3 is 15.4 Å². The summed E-state index contributed by atoms with van der Waals surface area (Å²) in [7, 11) is -2.11. The predicted molar refractivity (Wildman–Crippen MR) is 153 cm³/mol. The van der Waals surface area contributed by atoms with Gasteiger partial charge in [-0.2, -0.15) is 4.31 Å². The van der Waals surface area contributed by atoms with Gasteiger partial charge >= 0.3 is 0 Å². The van der Waals surface area contributed by atoms with E-state index in [0.717, 1.165) is 5.56 Å². The first-order chi connectivity index (χ1) is 18.5. The average Bonchev–Trinajstić information content (AvgIpc) is 2.93. The lowest BCUT2D eigenvalue weighted by Gasteiger charge is -2.30. The first kappa shape index (κ1) is 28.3. The van der Waals surface area contributed by atoms with Gasteiger partial charge in [0.15, 0.2) is 0 Å².